The van der Waals surface area contributed by atoms with Crippen molar-refractivity contribution in [2.24, 2.45) is 5.10 Å². The van der Waals surface area contributed by atoms with Crippen molar-refractivity contribution in [3.05, 3.63) is 64.9 Å². The molecule has 4 nitrogen and oxygen atoms in total. The summed E-state index contributed by atoms with van der Waals surface area (Å²) >= 11 is 5.90. The number of carbonyl (C=O) groups excluding carboxylic acids is 1. The van der Waals surface area contributed by atoms with Crippen molar-refractivity contribution >= 4 is 23.2 Å². The summed E-state index contributed by atoms with van der Waals surface area (Å²) < 4.78 is 0. The van der Waals surface area contributed by atoms with Crippen molar-refractivity contribution in [2.45, 2.75) is 6.92 Å². The number of pyridine rings is 1. The van der Waals surface area contributed by atoms with Gasteiger partial charge in [-0.05, 0) is 36.8 Å². The van der Waals surface area contributed by atoms with Crippen LogP contribution in [-0.4, -0.2) is 16.6 Å². The number of hydrogen-bond acceptors (Lipinski definition) is 3. The van der Waals surface area contributed by atoms with E-state index in [1.165, 1.54) is 6.20 Å². The first-order chi connectivity index (χ1) is 9.16. The Morgan fingerprint density at radius 3 is 2.74 bits per heavy atom. The number of carbonyl (C=O) groups is 1. The van der Waals surface area contributed by atoms with Gasteiger partial charge >= 0.3 is 0 Å². The third-order valence-electron chi connectivity index (χ3n) is 2.49. The van der Waals surface area contributed by atoms with Crippen LogP contribution in [0.25, 0.3) is 0 Å². The van der Waals surface area contributed by atoms with Crippen molar-refractivity contribution in [3.63, 3.8) is 0 Å². The summed E-state index contributed by atoms with van der Waals surface area (Å²) in [5.74, 6) is -0.297. The third kappa shape index (κ3) is 3.63. The largest absolute Gasteiger partial charge is 0.272 e. The van der Waals surface area contributed by atoms with Crippen molar-refractivity contribution in [1.29, 1.82) is 0 Å². The Morgan fingerprint density at radius 1 is 1.26 bits per heavy atom. The van der Waals surface area contributed by atoms with Gasteiger partial charge in [-0.3, -0.25) is 9.78 Å². The zero-order valence-corrected chi connectivity index (χ0v) is 11.1. The molecular formula is C14H12ClN3O. The van der Waals surface area contributed by atoms with Gasteiger partial charge in [0.2, 0.25) is 0 Å². The number of nitrogens with one attached hydrogen (secondary N) is 1. The van der Waals surface area contributed by atoms with Crippen LogP contribution in [0.4, 0.5) is 0 Å². The lowest BCUT2D eigenvalue weighted by Crippen LogP contribution is -2.19. The smallest absolute Gasteiger partial charge is 0.267 e. The maximum Gasteiger partial charge on any atom is 0.272 e. The van der Waals surface area contributed by atoms with Gasteiger partial charge in [0.1, 0.15) is 0 Å². The lowest BCUT2D eigenvalue weighted by molar-refractivity contribution is 0.0954. The minimum atomic E-state index is -0.297. The van der Waals surface area contributed by atoms with E-state index in [-0.39, 0.29) is 5.91 Å². The molecule has 0 radical (unpaired) electrons. The van der Waals surface area contributed by atoms with Gasteiger partial charge in [-0.15, -0.1) is 0 Å². The maximum absolute atomic E-state index is 11.8. The summed E-state index contributed by atoms with van der Waals surface area (Å²) in [6.45, 7) is 1.80. The van der Waals surface area contributed by atoms with Crippen molar-refractivity contribution < 1.29 is 4.79 Å². The van der Waals surface area contributed by atoms with E-state index in [1.807, 2.05) is 12.1 Å². The molecule has 96 valence electrons. The van der Waals surface area contributed by atoms with E-state index in [0.29, 0.717) is 16.3 Å². The van der Waals surface area contributed by atoms with Crippen LogP contribution < -0.4 is 5.43 Å². The molecule has 0 atom stereocenters. The number of hydrazone groups is 1. The second kappa shape index (κ2) is 6.11. The van der Waals surface area contributed by atoms with Crippen molar-refractivity contribution in [3.8, 4) is 0 Å². The topological polar surface area (TPSA) is 54.4 Å². The normalized spacial score (nSPS) is 11.2. The first-order valence-electron chi connectivity index (χ1n) is 5.67. The molecule has 5 heteroatoms. The summed E-state index contributed by atoms with van der Waals surface area (Å²) in [6.07, 6.45) is 3.09. The molecule has 19 heavy (non-hydrogen) atoms. The van der Waals surface area contributed by atoms with Crippen molar-refractivity contribution in [2.75, 3.05) is 0 Å². The molecule has 0 aliphatic heterocycles. The van der Waals surface area contributed by atoms with E-state index in [4.69, 9.17) is 11.6 Å². The van der Waals surface area contributed by atoms with Gasteiger partial charge in [0.25, 0.3) is 5.91 Å². The summed E-state index contributed by atoms with van der Waals surface area (Å²) in [5.41, 5.74) is 4.49. The van der Waals surface area contributed by atoms with E-state index >= 15 is 0 Å². The predicted molar refractivity (Wildman–Crippen MR) is 75.4 cm³/mol. The molecule has 0 bridgehead atoms. The third-order valence-corrected chi connectivity index (χ3v) is 2.73. The molecule has 0 saturated carbocycles. The molecule has 0 aliphatic carbocycles. The molecule has 0 spiro atoms. The molecule has 0 saturated heterocycles. The molecule has 1 aromatic heterocycles. The molecule has 0 fully saturated rings. The number of nitrogens with zero attached hydrogens (tertiary/aromatic N) is 2. The second-order valence-electron chi connectivity index (χ2n) is 3.89. The van der Waals surface area contributed by atoms with E-state index in [1.54, 1.807) is 37.4 Å². The quantitative estimate of drug-likeness (QED) is 0.690. The molecule has 0 aliphatic rings. The SMILES string of the molecule is C/C(=N/NC(=O)c1cccnc1)c1cccc(Cl)c1. The van der Waals surface area contributed by atoms with Crippen LogP contribution in [-0.2, 0) is 0 Å². The maximum atomic E-state index is 11.8. The average molecular weight is 274 g/mol. The van der Waals surface area contributed by atoms with Crippen LogP contribution >= 0.6 is 11.6 Å². The van der Waals surface area contributed by atoms with Crippen molar-refractivity contribution in [1.82, 2.24) is 10.4 Å². The number of rotatable bonds is 3. The number of hydrogen-bond donors (Lipinski definition) is 1. The Kier molecular flexibility index (Phi) is 4.26. The summed E-state index contributed by atoms with van der Waals surface area (Å²) in [7, 11) is 0. The number of benzene rings is 1. The Balaban J connectivity index is 2.09. The van der Waals surface area contributed by atoms with Gasteiger partial charge in [-0.25, -0.2) is 5.43 Å². The Morgan fingerprint density at radius 2 is 2.05 bits per heavy atom. The van der Waals surface area contributed by atoms with E-state index < -0.39 is 0 Å². The highest BCUT2D eigenvalue weighted by molar-refractivity contribution is 6.31. The molecule has 0 unspecified atom stereocenters. The van der Waals surface area contributed by atoms with E-state index in [9.17, 15) is 4.79 Å². The Bertz CT molecular complexity index is 611. The molecule has 1 aromatic carbocycles. The molecule has 2 rings (SSSR count). The zero-order chi connectivity index (χ0) is 13.7. The fourth-order valence-corrected chi connectivity index (χ4v) is 1.66. The molecule has 2 aromatic rings. The highest BCUT2D eigenvalue weighted by atomic mass is 35.5. The molecule has 1 N–H and O–H groups in total. The van der Waals surface area contributed by atoms with Crippen LogP contribution in [0, 0.1) is 0 Å². The van der Waals surface area contributed by atoms with Gasteiger partial charge in [0, 0.05) is 17.4 Å². The first-order valence-corrected chi connectivity index (χ1v) is 6.05. The van der Waals surface area contributed by atoms with Crippen LogP contribution in [0.15, 0.2) is 53.9 Å². The lowest BCUT2D eigenvalue weighted by Gasteiger charge is -2.03. The molecule has 1 heterocycles. The van der Waals surface area contributed by atoms with Crippen LogP contribution in [0.3, 0.4) is 0 Å². The lowest BCUT2D eigenvalue weighted by atomic mass is 10.1. The highest BCUT2D eigenvalue weighted by Gasteiger charge is 2.04. The monoisotopic (exact) mass is 273 g/mol. The minimum Gasteiger partial charge on any atom is -0.267 e. The fraction of sp³-hybridized carbons (Fsp3) is 0.0714. The van der Waals surface area contributed by atoms with Gasteiger partial charge < -0.3 is 0 Å². The highest BCUT2D eigenvalue weighted by Crippen LogP contribution is 2.11. The number of halogens is 1. The van der Waals surface area contributed by atoms with Gasteiger partial charge in [-0.1, -0.05) is 23.7 Å². The molecular weight excluding hydrogens is 262 g/mol. The van der Waals surface area contributed by atoms with Gasteiger partial charge in [0.15, 0.2) is 0 Å². The average Bonchev–Trinajstić information content (AvgIpc) is 2.45. The van der Waals surface area contributed by atoms with Gasteiger partial charge in [-0.2, -0.15) is 5.10 Å². The minimum absolute atomic E-state index is 0.297. The van der Waals surface area contributed by atoms with E-state index in [0.717, 1.165) is 5.56 Å². The fourth-order valence-electron chi connectivity index (χ4n) is 1.47. The summed E-state index contributed by atoms with van der Waals surface area (Å²) in [4.78, 5) is 15.6. The van der Waals surface area contributed by atoms with Crippen LogP contribution in [0.1, 0.15) is 22.8 Å². The Hall–Kier alpha value is -2.20. The second-order valence-corrected chi connectivity index (χ2v) is 4.33. The standard InChI is InChI=1S/C14H12ClN3O/c1-10(11-4-2-6-13(15)8-11)17-18-14(19)12-5-3-7-16-9-12/h2-9H,1H3,(H,18,19)/b17-10-. The number of amides is 1. The summed E-state index contributed by atoms with van der Waals surface area (Å²) in [6, 6.07) is 10.7. The van der Waals surface area contributed by atoms with Gasteiger partial charge in [0.05, 0.1) is 11.3 Å². The van der Waals surface area contributed by atoms with Crippen LogP contribution in [0.2, 0.25) is 5.02 Å². The predicted octanol–water partition coefficient (Wildman–Crippen LogP) is 2.89. The van der Waals surface area contributed by atoms with E-state index in [2.05, 4.69) is 15.5 Å². The molecule has 1 amide bonds. The number of aromatic nitrogens is 1. The zero-order valence-electron chi connectivity index (χ0n) is 10.3. The summed E-state index contributed by atoms with van der Waals surface area (Å²) in [5, 5.41) is 4.67. The van der Waals surface area contributed by atoms with Crippen LogP contribution in [0.5, 0.6) is 0 Å². The first kappa shape index (κ1) is 13.2. The Labute approximate surface area is 116 Å².